The molecule has 0 aliphatic carbocycles. The Kier molecular flexibility index (Phi) is 10.1. The molecular weight excluding hydrogens is 669 g/mol. The first-order valence-electron chi connectivity index (χ1n) is 13.0. The molecule has 3 amide bonds. The second-order valence-electron chi connectivity index (χ2n) is 9.38. The number of hydrogen-bond donors (Lipinski definition) is 3. The fraction of sp³-hybridized carbons (Fsp3) is 0.100. The fourth-order valence-corrected chi connectivity index (χ4v) is 3.85. The van der Waals surface area contributed by atoms with Crippen molar-refractivity contribution in [3.63, 3.8) is 0 Å². The summed E-state index contributed by atoms with van der Waals surface area (Å²) in [5.74, 6) is -4.50. The van der Waals surface area contributed by atoms with Crippen LogP contribution in [0.3, 0.4) is 0 Å². The maximum Gasteiger partial charge on any atom is 0.573 e. The van der Waals surface area contributed by atoms with E-state index in [2.05, 4.69) is 30.2 Å². The average molecular weight is 687 g/mol. The highest BCUT2D eigenvalue weighted by molar-refractivity contribution is 6.13. The van der Waals surface area contributed by atoms with Crippen LogP contribution >= 0.6 is 0 Å². The van der Waals surface area contributed by atoms with Gasteiger partial charge in [0.15, 0.2) is 0 Å². The summed E-state index contributed by atoms with van der Waals surface area (Å²) in [4.78, 5) is 39.3. The largest absolute Gasteiger partial charge is 0.573 e. The third kappa shape index (κ3) is 10.8. The number of halogens is 9. The summed E-state index contributed by atoms with van der Waals surface area (Å²) in [6, 6.07) is 15.2. The number of anilines is 3. The minimum Gasteiger partial charge on any atom is -0.406 e. The lowest BCUT2D eigenvalue weighted by Crippen LogP contribution is -2.20. The van der Waals surface area contributed by atoms with Gasteiger partial charge in [-0.25, -0.2) is 0 Å². The molecule has 0 fully saturated rings. The molecule has 0 saturated carbocycles. The molecule has 0 spiro atoms. The van der Waals surface area contributed by atoms with Crippen molar-refractivity contribution < 1.29 is 68.1 Å². The minimum absolute atomic E-state index is 0.00212. The van der Waals surface area contributed by atoms with E-state index in [9.17, 15) is 53.9 Å². The van der Waals surface area contributed by atoms with E-state index in [-0.39, 0.29) is 33.8 Å². The van der Waals surface area contributed by atoms with Crippen molar-refractivity contribution in [2.24, 2.45) is 0 Å². The van der Waals surface area contributed by atoms with Crippen molar-refractivity contribution in [1.29, 1.82) is 0 Å². The zero-order valence-corrected chi connectivity index (χ0v) is 23.5. The van der Waals surface area contributed by atoms with Crippen molar-refractivity contribution in [3.8, 4) is 17.2 Å². The van der Waals surface area contributed by atoms with E-state index in [0.717, 1.165) is 91.0 Å². The Balaban J connectivity index is 1.58. The molecule has 0 bridgehead atoms. The number of amides is 3. The van der Waals surface area contributed by atoms with Crippen molar-refractivity contribution in [2.75, 3.05) is 16.0 Å². The van der Waals surface area contributed by atoms with Crippen LogP contribution < -0.4 is 30.2 Å². The Bertz CT molecular complexity index is 1550. The monoisotopic (exact) mass is 687 g/mol. The van der Waals surface area contributed by atoms with Crippen molar-refractivity contribution in [2.45, 2.75) is 19.1 Å². The van der Waals surface area contributed by atoms with Crippen LogP contribution in [0.5, 0.6) is 17.2 Å². The zero-order chi connectivity index (χ0) is 35.3. The van der Waals surface area contributed by atoms with Gasteiger partial charge >= 0.3 is 19.1 Å². The van der Waals surface area contributed by atoms with E-state index in [1.807, 2.05) is 0 Å². The molecule has 9 nitrogen and oxygen atoms in total. The summed E-state index contributed by atoms with van der Waals surface area (Å²) < 4.78 is 123. The number of benzene rings is 4. The molecule has 4 aromatic rings. The van der Waals surface area contributed by atoms with Gasteiger partial charge in [-0.3, -0.25) is 14.4 Å². The molecule has 0 unspecified atom stereocenters. The van der Waals surface area contributed by atoms with Gasteiger partial charge in [0.05, 0.1) is 0 Å². The third-order valence-corrected chi connectivity index (χ3v) is 5.76. The van der Waals surface area contributed by atoms with Gasteiger partial charge in [0.2, 0.25) is 0 Å². The van der Waals surface area contributed by atoms with E-state index in [1.54, 1.807) is 0 Å². The molecule has 18 heteroatoms. The lowest BCUT2D eigenvalue weighted by Gasteiger charge is -2.13. The summed E-state index contributed by atoms with van der Waals surface area (Å²) in [5, 5.41) is 7.14. The molecule has 0 aliphatic rings. The number of rotatable bonds is 9. The van der Waals surface area contributed by atoms with Gasteiger partial charge in [-0.1, -0.05) is 0 Å². The van der Waals surface area contributed by atoms with E-state index < -0.39 is 54.1 Å². The predicted molar refractivity (Wildman–Crippen MR) is 150 cm³/mol. The molecule has 0 heterocycles. The average Bonchev–Trinajstić information content (AvgIpc) is 2.97. The fourth-order valence-electron chi connectivity index (χ4n) is 3.85. The van der Waals surface area contributed by atoms with Gasteiger partial charge in [0, 0.05) is 33.8 Å². The number of carbonyl (C=O) groups excluding carboxylic acids is 3. The molecule has 0 saturated heterocycles. The molecule has 48 heavy (non-hydrogen) atoms. The normalized spacial score (nSPS) is 11.7. The number of hydrogen-bond acceptors (Lipinski definition) is 6. The van der Waals surface area contributed by atoms with Gasteiger partial charge in [0.1, 0.15) is 17.2 Å². The van der Waals surface area contributed by atoms with Gasteiger partial charge in [-0.05, 0) is 91.0 Å². The standard InChI is InChI=1S/C30H18F9N3O6/c31-28(32,33)46-22-7-1-19(2-8-22)40-25(43)16-13-17(26(44)41-20-3-9-23(10-4-20)47-29(34,35)36)15-18(14-16)27(45)42-21-5-11-24(12-6-21)48-30(37,38)39/h1-15H,(H,40,43)(H,41,44)(H,42,45). The van der Waals surface area contributed by atoms with Crippen LogP contribution in [0.15, 0.2) is 91.0 Å². The van der Waals surface area contributed by atoms with Crippen molar-refractivity contribution in [1.82, 2.24) is 0 Å². The third-order valence-electron chi connectivity index (χ3n) is 5.76. The summed E-state index contributed by atoms with van der Waals surface area (Å²) >= 11 is 0. The van der Waals surface area contributed by atoms with E-state index in [0.29, 0.717) is 0 Å². The highest BCUT2D eigenvalue weighted by Gasteiger charge is 2.32. The first-order valence-corrected chi connectivity index (χ1v) is 13.0. The van der Waals surface area contributed by atoms with Crippen LogP contribution in [0, 0.1) is 0 Å². The first kappa shape index (κ1) is 34.9. The van der Waals surface area contributed by atoms with E-state index in [1.165, 1.54) is 0 Å². The van der Waals surface area contributed by atoms with Crippen molar-refractivity contribution in [3.05, 3.63) is 108 Å². The van der Waals surface area contributed by atoms with Gasteiger partial charge in [-0.15, -0.1) is 39.5 Å². The highest BCUT2D eigenvalue weighted by atomic mass is 19.4. The molecule has 4 rings (SSSR count). The van der Waals surface area contributed by atoms with E-state index in [4.69, 9.17) is 0 Å². The predicted octanol–water partition coefficient (Wildman–Crippen LogP) is 8.14. The smallest absolute Gasteiger partial charge is 0.406 e. The molecular formula is C30H18F9N3O6. The second-order valence-corrected chi connectivity index (χ2v) is 9.38. The summed E-state index contributed by atoms with van der Waals surface area (Å²) in [6.45, 7) is 0. The van der Waals surface area contributed by atoms with Gasteiger partial charge in [0.25, 0.3) is 17.7 Å². The maximum absolute atomic E-state index is 13.1. The molecule has 0 radical (unpaired) electrons. The maximum atomic E-state index is 13.1. The summed E-state index contributed by atoms with van der Waals surface area (Å²) in [7, 11) is 0. The Morgan fingerprint density at radius 2 is 0.604 bits per heavy atom. The quantitative estimate of drug-likeness (QED) is 0.153. The minimum atomic E-state index is -4.96. The number of carbonyl (C=O) groups is 3. The molecule has 3 N–H and O–H groups in total. The van der Waals surface area contributed by atoms with E-state index >= 15 is 0 Å². The highest BCUT2D eigenvalue weighted by Crippen LogP contribution is 2.27. The Morgan fingerprint density at radius 3 is 0.792 bits per heavy atom. The SMILES string of the molecule is O=C(Nc1ccc(OC(F)(F)F)cc1)c1cc(C(=O)Nc2ccc(OC(F)(F)F)cc2)cc(C(=O)Nc2ccc(OC(F)(F)F)cc2)c1. The Morgan fingerprint density at radius 1 is 0.396 bits per heavy atom. The second kappa shape index (κ2) is 13.8. The molecule has 0 atom stereocenters. The van der Waals surface area contributed by atoms with Crippen LogP contribution in [0.2, 0.25) is 0 Å². The topological polar surface area (TPSA) is 115 Å². The number of alkyl halides is 9. The summed E-state index contributed by atoms with van der Waals surface area (Å²) in [5.41, 5.74) is -0.906. The Labute approximate surface area is 263 Å². The molecule has 4 aromatic carbocycles. The lowest BCUT2D eigenvalue weighted by atomic mass is 10.0. The summed E-state index contributed by atoms with van der Waals surface area (Å²) in [6.07, 6.45) is -14.9. The lowest BCUT2D eigenvalue weighted by molar-refractivity contribution is -0.275. The number of nitrogens with one attached hydrogen (secondary N) is 3. The van der Waals surface area contributed by atoms with Gasteiger partial charge in [-0.2, -0.15) is 0 Å². The first-order chi connectivity index (χ1) is 22.3. The molecule has 0 aliphatic heterocycles. The van der Waals surface area contributed by atoms with Gasteiger partial charge < -0.3 is 30.2 Å². The van der Waals surface area contributed by atoms with Crippen LogP contribution in [-0.2, 0) is 0 Å². The molecule has 0 aromatic heterocycles. The van der Waals surface area contributed by atoms with Crippen LogP contribution in [0.25, 0.3) is 0 Å². The van der Waals surface area contributed by atoms with Crippen LogP contribution in [0.4, 0.5) is 56.6 Å². The molecule has 252 valence electrons. The number of ether oxygens (including phenoxy) is 3. The Hall–Kier alpha value is -5.94. The van der Waals surface area contributed by atoms with Crippen LogP contribution in [0.1, 0.15) is 31.1 Å². The van der Waals surface area contributed by atoms with Crippen LogP contribution in [-0.4, -0.2) is 36.8 Å². The van der Waals surface area contributed by atoms with Crippen molar-refractivity contribution >= 4 is 34.8 Å². The zero-order valence-electron chi connectivity index (χ0n) is 23.5.